The average Bonchev–Trinajstić information content (AvgIpc) is 1.82. The quantitative estimate of drug-likeness (QED) is 0.366. The standard InChI is InChI=1S/C6H13ClSi/c1-8(2)4-3-6(7)5-8/h6H,3-5H2,1-2H3/t6-/m1/s1. The van der Waals surface area contributed by atoms with E-state index in [2.05, 4.69) is 13.1 Å². The molecule has 0 aromatic rings. The summed E-state index contributed by atoms with van der Waals surface area (Å²) < 4.78 is 0. The topological polar surface area (TPSA) is 0 Å². The molecule has 0 amide bonds. The van der Waals surface area contributed by atoms with Crippen molar-refractivity contribution in [3.63, 3.8) is 0 Å². The molecule has 1 fully saturated rings. The van der Waals surface area contributed by atoms with Crippen molar-refractivity contribution in [1.29, 1.82) is 0 Å². The molecule has 1 atom stereocenters. The van der Waals surface area contributed by atoms with Crippen molar-refractivity contribution in [3.8, 4) is 0 Å². The lowest BCUT2D eigenvalue weighted by atomic mass is 10.4. The highest BCUT2D eigenvalue weighted by Crippen LogP contribution is 2.32. The van der Waals surface area contributed by atoms with Crippen LogP contribution in [0.3, 0.4) is 0 Å². The minimum Gasteiger partial charge on any atom is -0.123 e. The molecular formula is C6H13ClSi. The maximum atomic E-state index is 5.93. The Morgan fingerprint density at radius 3 is 2.25 bits per heavy atom. The molecule has 8 heavy (non-hydrogen) atoms. The molecule has 2 heteroatoms. The number of hydrogen-bond donors (Lipinski definition) is 0. The van der Waals surface area contributed by atoms with Gasteiger partial charge in [-0.2, -0.15) is 0 Å². The lowest BCUT2D eigenvalue weighted by Crippen LogP contribution is -2.19. The maximum absolute atomic E-state index is 5.93. The van der Waals surface area contributed by atoms with E-state index in [0.29, 0.717) is 5.38 Å². The number of hydrogen-bond acceptors (Lipinski definition) is 0. The highest BCUT2D eigenvalue weighted by atomic mass is 35.5. The molecule has 0 radical (unpaired) electrons. The first-order valence-electron chi connectivity index (χ1n) is 3.24. The largest absolute Gasteiger partial charge is 0.123 e. The summed E-state index contributed by atoms with van der Waals surface area (Å²) in [6.45, 7) is 4.85. The average molecular weight is 149 g/mol. The molecule has 1 aliphatic heterocycles. The monoisotopic (exact) mass is 148 g/mol. The normalized spacial score (nSPS) is 35.6. The second-order valence-corrected chi connectivity index (χ2v) is 9.36. The molecule has 0 saturated carbocycles. The van der Waals surface area contributed by atoms with Gasteiger partial charge in [-0.3, -0.25) is 0 Å². The van der Waals surface area contributed by atoms with Gasteiger partial charge in [0.15, 0.2) is 0 Å². The summed E-state index contributed by atoms with van der Waals surface area (Å²) in [6.07, 6.45) is 1.28. The van der Waals surface area contributed by atoms with Gasteiger partial charge < -0.3 is 0 Å². The molecule has 0 aromatic carbocycles. The highest BCUT2D eigenvalue weighted by Gasteiger charge is 2.30. The second-order valence-electron chi connectivity index (χ2n) is 3.50. The molecule has 0 aliphatic carbocycles. The van der Waals surface area contributed by atoms with E-state index in [1.165, 1.54) is 18.5 Å². The maximum Gasteiger partial charge on any atom is 0.0488 e. The fraction of sp³-hybridized carbons (Fsp3) is 1.00. The molecule has 0 spiro atoms. The van der Waals surface area contributed by atoms with Gasteiger partial charge in [0.05, 0.1) is 0 Å². The number of alkyl halides is 1. The third-order valence-electron chi connectivity index (χ3n) is 1.91. The summed E-state index contributed by atoms with van der Waals surface area (Å²) in [5.41, 5.74) is 0. The molecular weight excluding hydrogens is 136 g/mol. The van der Waals surface area contributed by atoms with E-state index < -0.39 is 8.07 Å². The van der Waals surface area contributed by atoms with E-state index in [9.17, 15) is 0 Å². The van der Waals surface area contributed by atoms with Crippen LogP contribution in [0, 0.1) is 0 Å². The molecule has 1 heterocycles. The van der Waals surface area contributed by atoms with Crippen molar-refractivity contribution in [1.82, 2.24) is 0 Å². The Morgan fingerprint density at radius 1 is 1.50 bits per heavy atom. The molecule has 1 aliphatic rings. The predicted molar refractivity (Wildman–Crippen MR) is 41.4 cm³/mol. The summed E-state index contributed by atoms with van der Waals surface area (Å²) >= 11 is 5.93. The third-order valence-corrected chi connectivity index (χ3v) is 5.78. The molecule has 0 nitrogen and oxygen atoms in total. The van der Waals surface area contributed by atoms with Crippen LogP contribution in [0.5, 0.6) is 0 Å². The van der Waals surface area contributed by atoms with Crippen LogP contribution >= 0.6 is 11.6 Å². The molecule has 48 valence electrons. The van der Waals surface area contributed by atoms with Crippen LogP contribution in [-0.2, 0) is 0 Å². The van der Waals surface area contributed by atoms with Gasteiger partial charge >= 0.3 is 0 Å². The zero-order valence-corrected chi connectivity index (χ0v) is 7.33. The fourth-order valence-corrected chi connectivity index (χ4v) is 5.63. The van der Waals surface area contributed by atoms with Crippen molar-refractivity contribution >= 4 is 19.7 Å². The van der Waals surface area contributed by atoms with Gasteiger partial charge in [-0.15, -0.1) is 11.6 Å². The molecule has 0 bridgehead atoms. The smallest absolute Gasteiger partial charge is 0.0488 e. The van der Waals surface area contributed by atoms with E-state index >= 15 is 0 Å². The minimum absolute atomic E-state index is 0.525. The Morgan fingerprint density at radius 2 is 2.12 bits per heavy atom. The fourth-order valence-electron chi connectivity index (χ4n) is 1.35. The van der Waals surface area contributed by atoms with E-state index in [-0.39, 0.29) is 0 Å². The second kappa shape index (κ2) is 2.03. The van der Waals surface area contributed by atoms with E-state index in [1.54, 1.807) is 0 Å². The van der Waals surface area contributed by atoms with Gasteiger partial charge in [0, 0.05) is 13.5 Å². The molecule has 1 saturated heterocycles. The van der Waals surface area contributed by atoms with Crippen molar-refractivity contribution in [2.75, 3.05) is 0 Å². The molecule has 1 rings (SSSR count). The Hall–Kier alpha value is 0.507. The summed E-state index contributed by atoms with van der Waals surface area (Å²) in [7, 11) is -0.735. The van der Waals surface area contributed by atoms with Crippen LogP contribution in [-0.4, -0.2) is 13.5 Å². The Labute approximate surface area is 57.2 Å². The van der Waals surface area contributed by atoms with Gasteiger partial charge in [-0.25, -0.2) is 0 Å². The minimum atomic E-state index is -0.735. The molecule has 0 aromatic heterocycles. The van der Waals surface area contributed by atoms with Gasteiger partial charge in [0.1, 0.15) is 0 Å². The van der Waals surface area contributed by atoms with Gasteiger partial charge in [0.25, 0.3) is 0 Å². The van der Waals surface area contributed by atoms with Crippen LogP contribution in [0.15, 0.2) is 0 Å². The van der Waals surface area contributed by atoms with Crippen LogP contribution in [0.2, 0.25) is 25.2 Å². The zero-order chi connectivity index (χ0) is 6.20. The Bertz CT molecular complexity index is 90.5. The number of rotatable bonds is 0. The van der Waals surface area contributed by atoms with Crippen molar-refractivity contribution in [2.24, 2.45) is 0 Å². The highest BCUT2D eigenvalue weighted by molar-refractivity contribution is 6.79. The van der Waals surface area contributed by atoms with Crippen LogP contribution in [0.1, 0.15) is 6.42 Å². The lowest BCUT2D eigenvalue weighted by molar-refractivity contribution is 0.944. The van der Waals surface area contributed by atoms with E-state index in [0.717, 1.165) is 0 Å². The van der Waals surface area contributed by atoms with Gasteiger partial charge in [-0.1, -0.05) is 19.1 Å². The Kier molecular flexibility index (Phi) is 1.68. The first-order valence-corrected chi connectivity index (χ1v) is 7.09. The van der Waals surface area contributed by atoms with Gasteiger partial charge in [-0.05, 0) is 12.5 Å². The van der Waals surface area contributed by atoms with E-state index in [1.807, 2.05) is 0 Å². The van der Waals surface area contributed by atoms with E-state index in [4.69, 9.17) is 11.6 Å². The Balaban J connectivity index is 2.44. The summed E-state index contributed by atoms with van der Waals surface area (Å²) in [5, 5.41) is 0.525. The molecule has 0 unspecified atom stereocenters. The lowest BCUT2D eigenvalue weighted by Gasteiger charge is -2.11. The van der Waals surface area contributed by atoms with Gasteiger partial charge in [0.2, 0.25) is 0 Å². The SMILES string of the molecule is C[Si]1(C)CC[C@@H](Cl)C1. The first-order chi connectivity index (χ1) is 3.60. The molecule has 0 N–H and O–H groups in total. The van der Waals surface area contributed by atoms with Crippen LogP contribution in [0.25, 0.3) is 0 Å². The van der Waals surface area contributed by atoms with Crippen molar-refractivity contribution in [2.45, 2.75) is 37.0 Å². The number of halogens is 1. The third kappa shape index (κ3) is 1.49. The first kappa shape index (κ1) is 6.62. The summed E-state index contributed by atoms with van der Waals surface area (Å²) in [6, 6.07) is 2.79. The predicted octanol–water partition coefficient (Wildman–Crippen LogP) is 2.71. The van der Waals surface area contributed by atoms with Crippen LogP contribution in [0.4, 0.5) is 0 Å². The summed E-state index contributed by atoms with van der Waals surface area (Å²) in [5.74, 6) is 0. The van der Waals surface area contributed by atoms with Crippen LogP contribution < -0.4 is 0 Å². The van der Waals surface area contributed by atoms with Crippen molar-refractivity contribution < 1.29 is 0 Å². The zero-order valence-electron chi connectivity index (χ0n) is 5.58. The summed E-state index contributed by atoms with van der Waals surface area (Å²) in [4.78, 5) is 0. The van der Waals surface area contributed by atoms with Crippen molar-refractivity contribution in [3.05, 3.63) is 0 Å².